The predicted octanol–water partition coefficient (Wildman–Crippen LogP) is 1.33. The number of benzene rings is 1. The summed E-state index contributed by atoms with van der Waals surface area (Å²) in [6.45, 7) is 2.34. The van der Waals surface area contributed by atoms with Crippen LogP contribution in [0.2, 0.25) is 0 Å². The first-order chi connectivity index (χ1) is 14.4. The second kappa shape index (κ2) is 8.13. The molecule has 3 heterocycles. The summed E-state index contributed by atoms with van der Waals surface area (Å²) in [4.78, 5) is 12.0. The number of piperazine rings is 1. The summed E-state index contributed by atoms with van der Waals surface area (Å²) in [5.41, 5.74) is 7.33. The minimum Gasteiger partial charge on any atom is -0.386 e. The second-order valence-corrected chi connectivity index (χ2v) is 9.22. The summed E-state index contributed by atoms with van der Waals surface area (Å²) < 4.78 is 42.4. The Morgan fingerprint density at radius 1 is 1.13 bits per heavy atom. The Labute approximate surface area is 175 Å². The van der Waals surface area contributed by atoms with Gasteiger partial charge in [0.2, 0.25) is 10.0 Å². The highest BCUT2D eigenvalue weighted by Gasteiger charge is 2.29. The summed E-state index contributed by atoms with van der Waals surface area (Å²) in [5.74, 6) is -0.252. The fraction of sp³-hybridized carbons (Fsp3) is 0.300. The fourth-order valence-corrected chi connectivity index (χ4v) is 4.94. The number of nitrogens with two attached hydrogens (primary N) is 1. The van der Waals surface area contributed by atoms with Gasteiger partial charge in [0.05, 0.1) is 35.2 Å². The quantitative estimate of drug-likeness (QED) is 0.787. The Hall–Kier alpha value is -2.82. The molecule has 0 aliphatic carbocycles. The van der Waals surface area contributed by atoms with Gasteiger partial charge in [-0.2, -0.15) is 4.31 Å². The van der Waals surface area contributed by atoms with E-state index in [1.807, 2.05) is 13.1 Å². The monoisotopic (exact) mass is 430 g/mol. The third kappa shape index (κ3) is 3.93. The molecule has 0 bridgehead atoms. The summed E-state index contributed by atoms with van der Waals surface area (Å²) in [5, 5.41) is 0. The van der Waals surface area contributed by atoms with Crippen LogP contribution >= 0.6 is 0 Å². The van der Waals surface area contributed by atoms with Crippen LogP contribution in [0.25, 0.3) is 5.70 Å². The van der Waals surface area contributed by atoms with Crippen molar-refractivity contribution in [1.82, 2.24) is 14.2 Å². The minimum absolute atomic E-state index is 0.0549. The molecular formula is C20H23FN6O2S. The summed E-state index contributed by atoms with van der Waals surface area (Å²) in [6.07, 6.45) is 4.78. The van der Waals surface area contributed by atoms with Crippen molar-refractivity contribution in [1.29, 1.82) is 0 Å². The van der Waals surface area contributed by atoms with Crippen LogP contribution < -0.4 is 10.6 Å². The predicted molar refractivity (Wildman–Crippen MR) is 114 cm³/mol. The lowest BCUT2D eigenvalue weighted by atomic mass is 10.1. The zero-order valence-corrected chi connectivity index (χ0v) is 17.4. The number of pyridine rings is 1. The van der Waals surface area contributed by atoms with Gasteiger partial charge in [0.15, 0.2) is 0 Å². The molecule has 0 radical (unpaired) electrons. The lowest BCUT2D eigenvalue weighted by Crippen LogP contribution is -2.47. The first-order valence-corrected chi connectivity index (χ1v) is 11.0. The van der Waals surface area contributed by atoms with Gasteiger partial charge in [-0.25, -0.2) is 17.8 Å². The zero-order valence-electron chi connectivity index (χ0n) is 16.6. The molecule has 1 fully saturated rings. The Morgan fingerprint density at radius 2 is 1.90 bits per heavy atom. The molecule has 0 amide bonds. The number of aromatic nitrogens is 1. The molecule has 2 aromatic rings. The first kappa shape index (κ1) is 20.5. The number of aliphatic imine (C=N–C) groups is 1. The van der Waals surface area contributed by atoms with Crippen LogP contribution in [-0.2, 0) is 10.0 Å². The van der Waals surface area contributed by atoms with E-state index in [2.05, 4.69) is 14.9 Å². The maximum atomic E-state index is 15.1. The lowest BCUT2D eigenvalue weighted by molar-refractivity contribution is 0.222. The molecule has 30 heavy (non-hydrogen) atoms. The number of rotatable bonds is 4. The average Bonchev–Trinajstić information content (AvgIpc) is 2.75. The highest BCUT2D eigenvalue weighted by molar-refractivity contribution is 7.89. The topological polar surface area (TPSA) is 95.1 Å². The molecule has 4 rings (SSSR count). The highest BCUT2D eigenvalue weighted by atomic mass is 32.2. The molecule has 2 N–H and O–H groups in total. The van der Waals surface area contributed by atoms with E-state index in [1.165, 1.54) is 22.6 Å². The molecule has 0 atom stereocenters. The van der Waals surface area contributed by atoms with Crippen LogP contribution in [0, 0.1) is 5.82 Å². The molecule has 0 saturated carbocycles. The average molecular weight is 431 g/mol. The Bertz CT molecular complexity index is 1100. The number of anilines is 1. The van der Waals surface area contributed by atoms with Crippen molar-refractivity contribution in [3.63, 3.8) is 0 Å². The third-order valence-electron chi connectivity index (χ3n) is 5.24. The van der Waals surface area contributed by atoms with E-state index in [0.29, 0.717) is 37.7 Å². The van der Waals surface area contributed by atoms with Crippen LogP contribution in [-0.4, -0.2) is 68.2 Å². The van der Waals surface area contributed by atoms with Gasteiger partial charge in [-0.1, -0.05) is 0 Å². The van der Waals surface area contributed by atoms with Crippen molar-refractivity contribution in [2.24, 2.45) is 10.7 Å². The molecular weight excluding hydrogens is 407 g/mol. The van der Waals surface area contributed by atoms with Crippen molar-refractivity contribution in [2.75, 3.05) is 44.7 Å². The minimum atomic E-state index is -3.75. The summed E-state index contributed by atoms with van der Waals surface area (Å²) in [7, 11) is -1.81. The normalized spacial score (nSPS) is 18.8. The molecule has 2 aliphatic heterocycles. The number of hydrogen-bond acceptors (Lipinski definition) is 7. The molecule has 158 valence electrons. The Balaban J connectivity index is 1.67. The molecule has 10 heteroatoms. The first-order valence-electron chi connectivity index (χ1n) is 9.55. The molecule has 0 spiro atoms. The molecule has 2 aliphatic rings. The van der Waals surface area contributed by atoms with Crippen molar-refractivity contribution in [3.05, 3.63) is 60.3 Å². The standard InChI is InChI=1S/C20H23FN6O2S/c1-25-7-9-26(10-8-25)30(28,29)16-4-5-17(18(21)11-16)19-13-24-20(22)14-27(19)15-3-2-6-23-12-15/h2-6,11-13H,7-10,14H2,1H3,(H2,22,24). The van der Waals surface area contributed by atoms with Crippen molar-refractivity contribution in [2.45, 2.75) is 4.90 Å². The van der Waals surface area contributed by atoms with E-state index >= 15 is 4.39 Å². The highest BCUT2D eigenvalue weighted by Crippen LogP contribution is 2.31. The number of nitrogens with zero attached hydrogens (tertiary/aromatic N) is 5. The van der Waals surface area contributed by atoms with Crippen molar-refractivity contribution >= 4 is 27.2 Å². The summed E-state index contributed by atoms with van der Waals surface area (Å²) in [6, 6.07) is 7.61. The number of hydrogen-bond donors (Lipinski definition) is 1. The van der Waals surface area contributed by atoms with Crippen LogP contribution in [0.15, 0.2) is 58.8 Å². The second-order valence-electron chi connectivity index (χ2n) is 7.28. The van der Waals surface area contributed by atoms with Gasteiger partial charge in [0.1, 0.15) is 11.7 Å². The van der Waals surface area contributed by atoms with Gasteiger partial charge in [-0.05, 0) is 37.4 Å². The van der Waals surface area contributed by atoms with Crippen LogP contribution in [0.3, 0.4) is 0 Å². The third-order valence-corrected chi connectivity index (χ3v) is 7.13. The molecule has 1 aromatic carbocycles. The lowest BCUT2D eigenvalue weighted by Gasteiger charge is -2.32. The number of likely N-dealkylation sites (N-methyl/N-ethyl adjacent to an activating group) is 1. The zero-order chi connectivity index (χ0) is 21.3. The van der Waals surface area contributed by atoms with E-state index in [-0.39, 0.29) is 17.0 Å². The number of amidine groups is 1. The van der Waals surface area contributed by atoms with Crippen LogP contribution in [0.4, 0.5) is 10.1 Å². The van der Waals surface area contributed by atoms with Crippen LogP contribution in [0.1, 0.15) is 5.56 Å². The van der Waals surface area contributed by atoms with Crippen molar-refractivity contribution in [3.8, 4) is 0 Å². The Morgan fingerprint density at radius 3 is 2.57 bits per heavy atom. The molecule has 8 nitrogen and oxygen atoms in total. The SMILES string of the molecule is CN1CCN(S(=O)(=O)c2ccc(C3=CN=C(N)CN3c3cccnc3)c(F)c2)CC1. The van der Waals surface area contributed by atoms with E-state index in [1.54, 1.807) is 23.4 Å². The van der Waals surface area contributed by atoms with Gasteiger partial charge in [-0.15, -0.1) is 0 Å². The van der Waals surface area contributed by atoms with Gasteiger partial charge < -0.3 is 15.5 Å². The molecule has 0 unspecified atom stereocenters. The molecule has 1 saturated heterocycles. The Kier molecular flexibility index (Phi) is 5.54. The van der Waals surface area contributed by atoms with E-state index in [0.717, 1.165) is 11.8 Å². The van der Waals surface area contributed by atoms with Crippen molar-refractivity contribution < 1.29 is 12.8 Å². The maximum Gasteiger partial charge on any atom is 0.243 e. The van der Waals surface area contributed by atoms with Crippen LogP contribution in [0.5, 0.6) is 0 Å². The number of sulfonamides is 1. The smallest absolute Gasteiger partial charge is 0.243 e. The maximum absolute atomic E-state index is 15.1. The fourth-order valence-electron chi connectivity index (χ4n) is 3.50. The molecule has 1 aromatic heterocycles. The van der Waals surface area contributed by atoms with Gasteiger partial charge in [0.25, 0.3) is 0 Å². The summed E-state index contributed by atoms with van der Waals surface area (Å²) >= 11 is 0. The van der Waals surface area contributed by atoms with Gasteiger partial charge in [-0.3, -0.25) is 4.98 Å². The number of halogens is 1. The van der Waals surface area contributed by atoms with E-state index in [9.17, 15) is 8.42 Å². The van der Waals surface area contributed by atoms with E-state index < -0.39 is 15.8 Å². The largest absolute Gasteiger partial charge is 0.386 e. The van der Waals surface area contributed by atoms with Gasteiger partial charge >= 0.3 is 0 Å². The van der Waals surface area contributed by atoms with E-state index in [4.69, 9.17) is 5.73 Å². The van der Waals surface area contributed by atoms with Gasteiger partial charge in [0, 0.05) is 37.9 Å².